The molecule has 4 aromatic rings. The van der Waals surface area contributed by atoms with Crippen LogP contribution in [0, 0.1) is 6.92 Å². The summed E-state index contributed by atoms with van der Waals surface area (Å²) in [4.78, 5) is 39.5. The molecule has 1 N–H and O–H groups in total. The number of carbonyl (C=O) groups excluding carboxylic acids is 2. The highest BCUT2D eigenvalue weighted by Crippen LogP contribution is 2.55. The molecule has 12 heteroatoms. The van der Waals surface area contributed by atoms with E-state index in [1.54, 1.807) is 36.4 Å². The second-order valence-electron chi connectivity index (χ2n) is 10.3. The molecule has 4 heterocycles. The highest BCUT2D eigenvalue weighted by molar-refractivity contribution is 6.32. The summed E-state index contributed by atoms with van der Waals surface area (Å²) in [5, 5.41) is 3.80. The van der Waals surface area contributed by atoms with Crippen LogP contribution in [0.15, 0.2) is 48.7 Å². The predicted molar refractivity (Wildman–Crippen MR) is 158 cm³/mol. The van der Waals surface area contributed by atoms with E-state index < -0.39 is 24.0 Å². The molecule has 6 rings (SSSR count). The fourth-order valence-corrected chi connectivity index (χ4v) is 6.14. The van der Waals surface area contributed by atoms with Crippen molar-refractivity contribution in [1.29, 1.82) is 0 Å². The van der Waals surface area contributed by atoms with Crippen molar-refractivity contribution in [1.82, 2.24) is 14.5 Å². The second kappa shape index (κ2) is 10.3. The van der Waals surface area contributed by atoms with Crippen LogP contribution in [0.5, 0.6) is 11.6 Å². The molecule has 42 heavy (non-hydrogen) atoms. The number of imidazole rings is 1. The Hall–Kier alpha value is -4.15. The van der Waals surface area contributed by atoms with Crippen LogP contribution in [-0.2, 0) is 10.3 Å². The van der Waals surface area contributed by atoms with Crippen LogP contribution in [0.25, 0.3) is 11.4 Å². The van der Waals surface area contributed by atoms with E-state index in [1.807, 2.05) is 25.3 Å². The summed E-state index contributed by atoms with van der Waals surface area (Å²) in [6.45, 7) is 4.90. The highest BCUT2D eigenvalue weighted by atomic mass is 35.5. The number of hydrogen-bond acceptors (Lipinski definition) is 6. The van der Waals surface area contributed by atoms with Gasteiger partial charge in [-0.1, -0.05) is 35.3 Å². The maximum absolute atomic E-state index is 14.5. The molecule has 0 saturated heterocycles. The number of anilines is 2. The first-order chi connectivity index (χ1) is 20.1. The molecule has 1 atom stereocenters. The Kier molecular flexibility index (Phi) is 6.86. The van der Waals surface area contributed by atoms with Crippen molar-refractivity contribution < 1.29 is 23.5 Å². The lowest BCUT2D eigenvalue weighted by Crippen LogP contribution is -2.51. The highest BCUT2D eigenvalue weighted by Gasteiger charge is 2.64. The monoisotopic (exact) mass is 609 g/mol. The lowest BCUT2D eigenvalue weighted by Gasteiger charge is -2.36. The first kappa shape index (κ1) is 28.0. The van der Waals surface area contributed by atoms with Gasteiger partial charge in [0.05, 0.1) is 24.1 Å². The van der Waals surface area contributed by atoms with Crippen molar-refractivity contribution in [3.63, 3.8) is 0 Å². The number of ether oxygens (including phenoxy) is 2. The van der Waals surface area contributed by atoms with E-state index in [0.717, 1.165) is 5.56 Å². The number of alkyl halides is 1. The Balaban J connectivity index is 1.67. The number of aromatic nitrogens is 3. The van der Waals surface area contributed by atoms with Gasteiger partial charge in [-0.2, -0.15) is 0 Å². The number of pyridine rings is 1. The van der Waals surface area contributed by atoms with Gasteiger partial charge in [0.25, 0.3) is 11.8 Å². The van der Waals surface area contributed by atoms with Gasteiger partial charge < -0.3 is 19.4 Å². The van der Waals surface area contributed by atoms with E-state index in [9.17, 15) is 14.0 Å². The topological polar surface area (TPSA) is 98.6 Å². The Morgan fingerprint density at radius 2 is 1.83 bits per heavy atom. The van der Waals surface area contributed by atoms with Gasteiger partial charge in [-0.15, -0.1) is 0 Å². The zero-order valence-corrected chi connectivity index (χ0v) is 24.7. The number of nitrogens with one attached hydrogen (secondary N) is 1. The van der Waals surface area contributed by atoms with Crippen LogP contribution in [0.1, 0.15) is 47.2 Å². The van der Waals surface area contributed by atoms with Crippen LogP contribution < -0.4 is 19.7 Å². The standard InChI is InChI=1S/C30H26Cl2FN5O4/c1-15(2)37-26-25(36-27(37)19-14-34-24(42-10-9-33)13-23(19)41-4)28(39)38(22-12-18(32)6-5-16(22)3)30(26)20-8-7-17(31)11-21(20)35-29(30)40/h5-8,11-15H,9-10H2,1-4H3,(H,35,40)/t30-/m1/s1. The van der Waals surface area contributed by atoms with Crippen LogP contribution >= 0.6 is 23.2 Å². The van der Waals surface area contributed by atoms with Crippen molar-refractivity contribution in [3.8, 4) is 23.0 Å². The number of aryl methyl sites for hydroxylation is 1. The van der Waals surface area contributed by atoms with Gasteiger partial charge in [0.2, 0.25) is 5.88 Å². The molecule has 2 aromatic heterocycles. The van der Waals surface area contributed by atoms with Crippen molar-refractivity contribution in [3.05, 3.63) is 81.2 Å². The van der Waals surface area contributed by atoms with E-state index in [0.29, 0.717) is 49.8 Å². The fourth-order valence-electron chi connectivity index (χ4n) is 5.80. The molecule has 9 nitrogen and oxygen atoms in total. The minimum absolute atomic E-state index is 0.107. The number of nitrogens with zero attached hydrogens (tertiary/aromatic N) is 4. The third-order valence-corrected chi connectivity index (χ3v) is 7.97. The Morgan fingerprint density at radius 1 is 1.10 bits per heavy atom. The fraction of sp³-hybridized carbons (Fsp3) is 0.267. The Labute approximate surface area is 251 Å². The van der Waals surface area contributed by atoms with Crippen molar-refractivity contribution in [2.75, 3.05) is 30.6 Å². The largest absolute Gasteiger partial charge is 0.496 e. The van der Waals surface area contributed by atoms with Crippen LogP contribution in [0.3, 0.4) is 0 Å². The lowest BCUT2D eigenvalue weighted by atomic mass is 9.86. The Morgan fingerprint density at radius 3 is 2.55 bits per heavy atom. The van der Waals surface area contributed by atoms with Gasteiger partial charge in [-0.25, -0.2) is 14.4 Å². The minimum Gasteiger partial charge on any atom is -0.496 e. The molecule has 0 fully saturated rings. The maximum atomic E-state index is 14.5. The van der Waals surface area contributed by atoms with Crippen LogP contribution in [-0.4, -0.2) is 46.7 Å². The Bertz CT molecular complexity index is 1770. The molecule has 2 aromatic carbocycles. The molecule has 1 spiro atoms. The van der Waals surface area contributed by atoms with Gasteiger partial charge in [0.15, 0.2) is 11.2 Å². The van der Waals surface area contributed by atoms with Crippen molar-refractivity contribution in [2.24, 2.45) is 0 Å². The molecule has 0 aliphatic carbocycles. The van der Waals surface area contributed by atoms with Gasteiger partial charge in [0.1, 0.15) is 24.9 Å². The zero-order valence-electron chi connectivity index (χ0n) is 23.2. The van der Waals surface area contributed by atoms with E-state index in [2.05, 4.69) is 10.3 Å². The van der Waals surface area contributed by atoms with E-state index in [4.69, 9.17) is 37.7 Å². The summed E-state index contributed by atoms with van der Waals surface area (Å²) in [5.41, 5.74) is 1.62. The molecule has 0 unspecified atom stereocenters. The van der Waals surface area contributed by atoms with Crippen molar-refractivity contribution >= 4 is 46.4 Å². The second-order valence-corrected chi connectivity index (χ2v) is 11.2. The third kappa shape index (κ3) is 3.96. The van der Waals surface area contributed by atoms with Gasteiger partial charge >= 0.3 is 0 Å². The first-order valence-electron chi connectivity index (χ1n) is 13.2. The van der Waals surface area contributed by atoms with Gasteiger partial charge in [-0.3, -0.25) is 14.5 Å². The number of hydrogen-bond donors (Lipinski definition) is 1. The van der Waals surface area contributed by atoms with E-state index in [1.165, 1.54) is 24.3 Å². The molecule has 2 amide bonds. The molecule has 2 aliphatic rings. The molecule has 0 bridgehead atoms. The number of benzene rings is 2. The molecule has 0 radical (unpaired) electrons. The summed E-state index contributed by atoms with van der Waals surface area (Å²) in [7, 11) is 1.48. The summed E-state index contributed by atoms with van der Waals surface area (Å²) in [6.07, 6.45) is 1.50. The minimum atomic E-state index is -1.62. The summed E-state index contributed by atoms with van der Waals surface area (Å²) >= 11 is 12.7. The van der Waals surface area contributed by atoms with Gasteiger partial charge in [-0.05, 0) is 50.6 Å². The van der Waals surface area contributed by atoms with Crippen molar-refractivity contribution in [2.45, 2.75) is 32.4 Å². The third-order valence-electron chi connectivity index (χ3n) is 7.50. The maximum Gasteiger partial charge on any atom is 0.280 e. The average molecular weight is 610 g/mol. The smallest absolute Gasteiger partial charge is 0.280 e. The molecule has 0 saturated carbocycles. The average Bonchev–Trinajstić information content (AvgIpc) is 3.57. The molecular formula is C30H26Cl2FN5O4. The normalized spacial score (nSPS) is 17.2. The van der Waals surface area contributed by atoms with E-state index >= 15 is 0 Å². The zero-order chi connectivity index (χ0) is 29.9. The van der Waals surface area contributed by atoms with E-state index in [-0.39, 0.29) is 24.2 Å². The number of halogens is 3. The van der Waals surface area contributed by atoms with Gasteiger partial charge in [0, 0.05) is 39.6 Å². The first-order valence-corrected chi connectivity index (χ1v) is 14.0. The number of fused-ring (bicyclic) bond motifs is 4. The molecule has 216 valence electrons. The predicted octanol–water partition coefficient (Wildman–Crippen LogP) is 6.35. The van der Waals surface area contributed by atoms with Crippen LogP contribution in [0.2, 0.25) is 10.0 Å². The number of rotatable bonds is 7. The summed E-state index contributed by atoms with van der Waals surface area (Å²) in [5.74, 6) is 0.0151. The SMILES string of the molecule is COc1cc(OCCF)ncc1-c1nc2c(n1C(C)C)[C@]1(C(=O)Nc3cc(Cl)ccc31)N(c1cc(Cl)ccc1C)C2=O. The van der Waals surface area contributed by atoms with Crippen LogP contribution in [0.4, 0.5) is 15.8 Å². The number of amides is 2. The molecule has 2 aliphatic heterocycles. The summed E-state index contributed by atoms with van der Waals surface area (Å²) in [6, 6.07) is 11.6. The lowest BCUT2D eigenvalue weighted by molar-refractivity contribution is -0.119. The number of methoxy groups -OCH3 is 1. The number of carbonyl (C=O) groups is 2. The quantitative estimate of drug-likeness (QED) is 0.262. The molecular weight excluding hydrogens is 584 g/mol. The summed E-state index contributed by atoms with van der Waals surface area (Å²) < 4.78 is 25.5.